The molecule has 0 aromatic heterocycles. The number of esters is 1. The van der Waals surface area contributed by atoms with E-state index in [4.69, 9.17) is 4.74 Å². The zero-order valence-corrected chi connectivity index (χ0v) is 11.2. The molecule has 0 aliphatic rings. The van der Waals surface area contributed by atoms with Crippen molar-refractivity contribution < 1.29 is 13.9 Å². The first-order valence-corrected chi connectivity index (χ1v) is 6.40. The van der Waals surface area contributed by atoms with Crippen molar-refractivity contribution in [3.8, 4) is 0 Å². The van der Waals surface area contributed by atoms with Crippen LogP contribution in [0.15, 0.2) is 60.7 Å². The maximum atomic E-state index is 13.0. The van der Waals surface area contributed by atoms with Crippen molar-refractivity contribution in [3.63, 3.8) is 0 Å². The average Bonchev–Trinajstić information content (AvgIpc) is 2.47. The molecule has 20 heavy (non-hydrogen) atoms. The Kier molecular flexibility index (Phi) is 4.66. The molecule has 0 saturated heterocycles. The molecule has 0 heterocycles. The highest BCUT2D eigenvalue weighted by atomic mass is 19.1. The Labute approximate surface area is 117 Å². The fourth-order valence-electron chi connectivity index (χ4n) is 1.88. The van der Waals surface area contributed by atoms with Gasteiger partial charge in [-0.2, -0.15) is 0 Å². The van der Waals surface area contributed by atoms with Gasteiger partial charge in [0.2, 0.25) is 0 Å². The highest BCUT2D eigenvalue weighted by Crippen LogP contribution is 2.23. The van der Waals surface area contributed by atoms with Crippen molar-refractivity contribution >= 4 is 11.5 Å². The summed E-state index contributed by atoms with van der Waals surface area (Å²) in [4.78, 5) is 11.7. The molecule has 102 valence electrons. The lowest BCUT2D eigenvalue weighted by atomic mass is 9.97. The van der Waals surface area contributed by atoms with E-state index in [1.54, 1.807) is 19.1 Å². The van der Waals surface area contributed by atoms with Crippen molar-refractivity contribution in [1.29, 1.82) is 0 Å². The van der Waals surface area contributed by atoms with E-state index in [0.29, 0.717) is 12.2 Å². The van der Waals surface area contributed by atoms with Crippen LogP contribution < -0.4 is 0 Å². The quantitative estimate of drug-likeness (QED) is 0.623. The monoisotopic (exact) mass is 270 g/mol. The van der Waals surface area contributed by atoms with E-state index in [0.717, 1.165) is 11.1 Å². The SMILES string of the molecule is CCOC(=O)/C=C(\c1ccccc1)c1ccc(F)cc1. The molecule has 0 N–H and O–H groups in total. The Balaban J connectivity index is 2.44. The lowest BCUT2D eigenvalue weighted by Crippen LogP contribution is -2.01. The Morgan fingerprint density at radius 2 is 1.65 bits per heavy atom. The molecular weight excluding hydrogens is 255 g/mol. The number of carbonyl (C=O) groups excluding carboxylic acids is 1. The predicted molar refractivity (Wildman–Crippen MR) is 76.6 cm³/mol. The second-order valence-corrected chi connectivity index (χ2v) is 4.18. The molecule has 0 fully saturated rings. The minimum absolute atomic E-state index is 0.308. The summed E-state index contributed by atoms with van der Waals surface area (Å²) in [7, 11) is 0. The molecule has 0 saturated carbocycles. The highest BCUT2D eigenvalue weighted by Gasteiger charge is 2.08. The summed E-state index contributed by atoms with van der Waals surface area (Å²) in [6.45, 7) is 2.08. The summed E-state index contributed by atoms with van der Waals surface area (Å²) in [5, 5.41) is 0. The van der Waals surface area contributed by atoms with Gasteiger partial charge in [0.25, 0.3) is 0 Å². The highest BCUT2D eigenvalue weighted by molar-refractivity contribution is 5.96. The van der Waals surface area contributed by atoms with Crippen LogP contribution >= 0.6 is 0 Å². The molecule has 2 aromatic carbocycles. The van der Waals surface area contributed by atoms with Gasteiger partial charge in [0.05, 0.1) is 6.61 Å². The zero-order valence-electron chi connectivity index (χ0n) is 11.2. The fourth-order valence-corrected chi connectivity index (χ4v) is 1.88. The first-order valence-electron chi connectivity index (χ1n) is 6.40. The molecule has 0 bridgehead atoms. The van der Waals surface area contributed by atoms with Gasteiger partial charge in [0, 0.05) is 6.08 Å². The van der Waals surface area contributed by atoms with E-state index in [2.05, 4.69) is 0 Å². The maximum absolute atomic E-state index is 13.0. The Bertz CT molecular complexity index is 601. The van der Waals surface area contributed by atoms with Gasteiger partial charge >= 0.3 is 5.97 Å². The van der Waals surface area contributed by atoms with Gasteiger partial charge in [-0.05, 0) is 35.8 Å². The molecule has 0 aliphatic heterocycles. The first-order chi connectivity index (χ1) is 9.70. The number of hydrogen-bond acceptors (Lipinski definition) is 2. The summed E-state index contributed by atoms with van der Waals surface area (Å²) >= 11 is 0. The van der Waals surface area contributed by atoms with E-state index in [-0.39, 0.29) is 5.82 Å². The van der Waals surface area contributed by atoms with Crippen molar-refractivity contribution in [2.45, 2.75) is 6.92 Å². The normalized spacial score (nSPS) is 11.2. The second kappa shape index (κ2) is 6.66. The van der Waals surface area contributed by atoms with Crippen molar-refractivity contribution in [3.05, 3.63) is 77.6 Å². The third kappa shape index (κ3) is 3.54. The Morgan fingerprint density at radius 1 is 1.05 bits per heavy atom. The molecule has 3 heteroatoms. The molecule has 0 radical (unpaired) electrons. The van der Waals surface area contributed by atoms with Gasteiger partial charge in [-0.3, -0.25) is 0 Å². The molecule has 0 amide bonds. The smallest absolute Gasteiger partial charge is 0.331 e. The van der Waals surface area contributed by atoms with Crippen LogP contribution in [0.5, 0.6) is 0 Å². The summed E-state index contributed by atoms with van der Waals surface area (Å²) in [6.07, 6.45) is 1.44. The zero-order chi connectivity index (χ0) is 14.4. The standard InChI is InChI=1S/C17H15FO2/c1-2-20-17(19)12-16(13-6-4-3-5-7-13)14-8-10-15(18)11-9-14/h3-12H,2H2,1H3/b16-12+. The average molecular weight is 270 g/mol. The number of ether oxygens (including phenoxy) is 1. The third-order valence-electron chi connectivity index (χ3n) is 2.79. The van der Waals surface area contributed by atoms with Crippen molar-refractivity contribution in [1.82, 2.24) is 0 Å². The van der Waals surface area contributed by atoms with Crippen LogP contribution in [0, 0.1) is 5.82 Å². The first kappa shape index (κ1) is 14.0. The van der Waals surface area contributed by atoms with Gasteiger partial charge < -0.3 is 4.74 Å². The topological polar surface area (TPSA) is 26.3 Å². The summed E-state index contributed by atoms with van der Waals surface area (Å²) in [6, 6.07) is 15.5. The largest absolute Gasteiger partial charge is 0.463 e. The van der Waals surface area contributed by atoms with Crippen LogP contribution in [0.1, 0.15) is 18.1 Å². The summed E-state index contributed by atoms with van der Waals surface area (Å²) < 4.78 is 18.0. The Morgan fingerprint density at radius 3 is 2.25 bits per heavy atom. The van der Waals surface area contributed by atoms with Gasteiger partial charge in [0.1, 0.15) is 5.82 Å². The molecule has 2 rings (SSSR count). The van der Waals surface area contributed by atoms with Gasteiger partial charge in [-0.1, -0.05) is 42.5 Å². The van der Waals surface area contributed by atoms with Crippen molar-refractivity contribution in [2.24, 2.45) is 0 Å². The third-order valence-corrected chi connectivity index (χ3v) is 2.79. The van der Waals surface area contributed by atoms with Crippen LogP contribution in [0.3, 0.4) is 0 Å². The van der Waals surface area contributed by atoms with Crippen LogP contribution in [0.2, 0.25) is 0 Å². The number of hydrogen-bond donors (Lipinski definition) is 0. The predicted octanol–water partition coefficient (Wildman–Crippen LogP) is 3.82. The molecule has 0 aliphatic carbocycles. The molecule has 0 atom stereocenters. The van der Waals surface area contributed by atoms with E-state index >= 15 is 0 Å². The van der Waals surface area contributed by atoms with Crippen LogP contribution in [0.4, 0.5) is 4.39 Å². The molecule has 0 unspecified atom stereocenters. The van der Waals surface area contributed by atoms with E-state index in [1.165, 1.54) is 18.2 Å². The molecule has 2 nitrogen and oxygen atoms in total. The van der Waals surface area contributed by atoms with Gasteiger partial charge in [-0.25, -0.2) is 9.18 Å². The number of rotatable bonds is 4. The maximum Gasteiger partial charge on any atom is 0.331 e. The van der Waals surface area contributed by atoms with E-state index < -0.39 is 5.97 Å². The minimum atomic E-state index is -0.407. The number of halogens is 1. The van der Waals surface area contributed by atoms with E-state index in [1.807, 2.05) is 30.3 Å². The van der Waals surface area contributed by atoms with Crippen LogP contribution in [-0.4, -0.2) is 12.6 Å². The number of benzene rings is 2. The fraction of sp³-hybridized carbons (Fsp3) is 0.118. The second-order valence-electron chi connectivity index (χ2n) is 4.18. The molecular formula is C17H15FO2. The Hall–Kier alpha value is -2.42. The summed E-state index contributed by atoms with van der Waals surface area (Å²) in [5.74, 6) is -0.715. The van der Waals surface area contributed by atoms with Gasteiger partial charge in [0.15, 0.2) is 0 Å². The van der Waals surface area contributed by atoms with Crippen molar-refractivity contribution in [2.75, 3.05) is 6.61 Å². The lowest BCUT2D eigenvalue weighted by Gasteiger charge is -2.08. The summed E-state index contributed by atoms with van der Waals surface area (Å²) in [5.41, 5.74) is 2.36. The van der Waals surface area contributed by atoms with Crippen LogP contribution in [0.25, 0.3) is 5.57 Å². The minimum Gasteiger partial charge on any atom is -0.463 e. The van der Waals surface area contributed by atoms with E-state index in [9.17, 15) is 9.18 Å². The van der Waals surface area contributed by atoms with Crippen LogP contribution in [-0.2, 0) is 9.53 Å². The molecule has 2 aromatic rings. The molecule has 0 spiro atoms. The number of carbonyl (C=O) groups is 1. The lowest BCUT2D eigenvalue weighted by molar-refractivity contribution is -0.137. The van der Waals surface area contributed by atoms with Gasteiger partial charge in [-0.15, -0.1) is 0 Å².